The number of nitrogens with zero attached hydrogens (tertiary/aromatic N) is 2. The molecule has 2 rings (SSSR count). The Kier molecular flexibility index (Phi) is 3.33. The van der Waals surface area contributed by atoms with Gasteiger partial charge in [0.1, 0.15) is 0 Å². The van der Waals surface area contributed by atoms with Gasteiger partial charge in [-0.05, 0) is 35.0 Å². The van der Waals surface area contributed by atoms with Crippen molar-refractivity contribution >= 4 is 21.8 Å². The summed E-state index contributed by atoms with van der Waals surface area (Å²) in [5, 5.41) is 6.88. The number of carbonyl (C=O) groups excluding carboxylic acids is 1. The summed E-state index contributed by atoms with van der Waals surface area (Å²) in [6.45, 7) is 2.40. The molecule has 0 radical (unpaired) electrons. The Bertz CT molecular complexity index is 545. The smallest absolute Gasteiger partial charge is 0.287 e. The molecule has 0 spiro atoms. The zero-order chi connectivity index (χ0) is 12.4. The number of rotatable bonds is 3. The molecule has 2 aromatic rings. The van der Waals surface area contributed by atoms with Gasteiger partial charge in [0, 0.05) is 24.8 Å². The summed E-state index contributed by atoms with van der Waals surface area (Å²) < 4.78 is 7.46. The molecule has 0 atom stereocenters. The summed E-state index contributed by atoms with van der Waals surface area (Å²) in [4.78, 5) is 11.7. The highest BCUT2D eigenvalue weighted by atomic mass is 79.9. The Hall–Kier alpha value is -1.56. The van der Waals surface area contributed by atoms with E-state index in [0.29, 0.717) is 17.0 Å². The minimum atomic E-state index is -0.237. The van der Waals surface area contributed by atoms with Gasteiger partial charge in [-0.1, -0.05) is 0 Å². The van der Waals surface area contributed by atoms with Crippen molar-refractivity contribution in [3.63, 3.8) is 0 Å². The number of hydrogen-bond donors (Lipinski definition) is 1. The number of hydrogen-bond acceptors (Lipinski definition) is 3. The number of carbonyl (C=O) groups is 1. The Balaban J connectivity index is 1.99. The van der Waals surface area contributed by atoms with E-state index in [1.165, 1.54) is 0 Å². The lowest BCUT2D eigenvalue weighted by molar-refractivity contribution is 0.0922. The van der Waals surface area contributed by atoms with Gasteiger partial charge in [0.2, 0.25) is 0 Å². The summed E-state index contributed by atoms with van der Waals surface area (Å²) in [5.41, 5.74) is 2.03. The van der Waals surface area contributed by atoms with Gasteiger partial charge in [-0.25, -0.2) is 0 Å². The number of furan rings is 1. The van der Waals surface area contributed by atoms with Crippen LogP contribution in [0, 0.1) is 6.92 Å². The van der Waals surface area contributed by atoms with Crippen molar-refractivity contribution in [2.24, 2.45) is 7.05 Å². The standard InChI is InChI=1S/C11H12BrN3O2/c1-7-8(6-14-15(7)2)5-13-11(16)9-3-4-10(12)17-9/h3-4,6H,5H2,1-2H3,(H,13,16). The van der Waals surface area contributed by atoms with Crippen LogP contribution in [0.15, 0.2) is 27.4 Å². The van der Waals surface area contributed by atoms with Crippen LogP contribution in [0.1, 0.15) is 21.8 Å². The van der Waals surface area contributed by atoms with E-state index in [1.807, 2.05) is 14.0 Å². The van der Waals surface area contributed by atoms with Crippen molar-refractivity contribution in [1.82, 2.24) is 15.1 Å². The minimum absolute atomic E-state index is 0.237. The summed E-state index contributed by atoms with van der Waals surface area (Å²) in [7, 11) is 1.87. The van der Waals surface area contributed by atoms with Gasteiger partial charge >= 0.3 is 0 Å². The van der Waals surface area contributed by atoms with E-state index in [2.05, 4.69) is 26.3 Å². The lowest BCUT2D eigenvalue weighted by Gasteiger charge is -2.02. The van der Waals surface area contributed by atoms with Crippen LogP contribution in [0.3, 0.4) is 0 Å². The predicted octanol–water partition coefficient (Wildman–Crippen LogP) is 2.01. The molecule has 0 unspecified atom stereocenters. The van der Waals surface area contributed by atoms with Gasteiger partial charge in [-0.2, -0.15) is 5.10 Å². The van der Waals surface area contributed by atoms with E-state index in [-0.39, 0.29) is 5.91 Å². The quantitative estimate of drug-likeness (QED) is 0.943. The Morgan fingerprint density at radius 2 is 2.35 bits per heavy atom. The summed E-state index contributed by atoms with van der Waals surface area (Å²) in [5.74, 6) is 0.0531. The number of aryl methyl sites for hydroxylation is 1. The number of amides is 1. The lowest BCUT2D eigenvalue weighted by Crippen LogP contribution is -2.22. The first-order valence-electron chi connectivity index (χ1n) is 5.09. The molecule has 0 aromatic carbocycles. The average Bonchev–Trinajstić information content (AvgIpc) is 2.86. The molecule has 2 heterocycles. The topological polar surface area (TPSA) is 60.1 Å². The second kappa shape index (κ2) is 4.75. The molecule has 2 aromatic heterocycles. The van der Waals surface area contributed by atoms with Crippen LogP contribution in [0.5, 0.6) is 0 Å². The Labute approximate surface area is 107 Å². The van der Waals surface area contributed by atoms with Crippen molar-refractivity contribution in [2.45, 2.75) is 13.5 Å². The van der Waals surface area contributed by atoms with E-state index in [1.54, 1.807) is 23.0 Å². The lowest BCUT2D eigenvalue weighted by atomic mass is 10.2. The van der Waals surface area contributed by atoms with Gasteiger partial charge in [0.05, 0.1) is 6.20 Å². The third-order valence-corrected chi connectivity index (χ3v) is 3.00. The number of nitrogens with one attached hydrogen (secondary N) is 1. The first-order valence-corrected chi connectivity index (χ1v) is 5.88. The van der Waals surface area contributed by atoms with Gasteiger partial charge < -0.3 is 9.73 Å². The molecule has 0 fully saturated rings. The highest BCUT2D eigenvalue weighted by Gasteiger charge is 2.11. The Morgan fingerprint density at radius 1 is 1.59 bits per heavy atom. The van der Waals surface area contributed by atoms with E-state index < -0.39 is 0 Å². The fraction of sp³-hybridized carbons (Fsp3) is 0.273. The first-order chi connectivity index (χ1) is 8.08. The van der Waals surface area contributed by atoms with Gasteiger partial charge in [-0.15, -0.1) is 0 Å². The molecule has 0 saturated carbocycles. The van der Waals surface area contributed by atoms with Crippen molar-refractivity contribution < 1.29 is 9.21 Å². The second-order valence-electron chi connectivity index (χ2n) is 3.67. The molecule has 90 valence electrons. The molecular formula is C11H12BrN3O2. The van der Waals surface area contributed by atoms with Crippen molar-refractivity contribution in [3.8, 4) is 0 Å². The van der Waals surface area contributed by atoms with Crippen LogP contribution in [0.2, 0.25) is 0 Å². The first kappa shape index (κ1) is 11.9. The molecule has 0 bridgehead atoms. The van der Waals surface area contributed by atoms with E-state index >= 15 is 0 Å². The Morgan fingerprint density at radius 3 is 2.88 bits per heavy atom. The normalized spacial score (nSPS) is 10.5. The zero-order valence-corrected chi connectivity index (χ0v) is 11.1. The maximum atomic E-state index is 11.7. The maximum Gasteiger partial charge on any atom is 0.287 e. The van der Waals surface area contributed by atoms with Gasteiger partial charge in [-0.3, -0.25) is 9.48 Å². The predicted molar refractivity (Wildman–Crippen MR) is 65.5 cm³/mol. The highest BCUT2D eigenvalue weighted by molar-refractivity contribution is 9.10. The molecule has 1 N–H and O–H groups in total. The van der Waals surface area contributed by atoms with E-state index in [0.717, 1.165) is 11.3 Å². The second-order valence-corrected chi connectivity index (χ2v) is 4.45. The van der Waals surface area contributed by atoms with Crippen molar-refractivity contribution in [2.75, 3.05) is 0 Å². The SMILES string of the molecule is Cc1c(CNC(=O)c2ccc(Br)o2)cnn1C. The van der Waals surface area contributed by atoms with Gasteiger partial charge in [0.25, 0.3) is 5.91 Å². The van der Waals surface area contributed by atoms with Gasteiger partial charge in [0.15, 0.2) is 10.4 Å². The van der Waals surface area contributed by atoms with Crippen LogP contribution in [-0.4, -0.2) is 15.7 Å². The number of halogens is 1. The number of aromatic nitrogens is 2. The zero-order valence-electron chi connectivity index (χ0n) is 9.53. The maximum absolute atomic E-state index is 11.7. The third-order valence-electron chi connectivity index (χ3n) is 2.57. The molecule has 6 heteroatoms. The van der Waals surface area contributed by atoms with Crippen LogP contribution >= 0.6 is 15.9 Å². The summed E-state index contributed by atoms with van der Waals surface area (Å²) in [6.07, 6.45) is 1.74. The fourth-order valence-corrected chi connectivity index (χ4v) is 1.72. The van der Waals surface area contributed by atoms with Crippen LogP contribution in [0.25, 0.3) is 0 Å². The minimum Gasteiger partial charge on any atom is -0.444 e. The molecule has 5 nitrogen and oxygen atoms in total. The molecule has 0 saturated heterocycles. The summed E-state index contributed by atoms with van der Waals surface area (Å²) in [6, 6.07) is 3.31. The van der Waals surface area contributed by atoms with E-state index in [9.17, 15) is 4.79 Å². The van der Waals surface area contributed by atoms with Crippen molar-refractivity contribution in [3.05, 3.63) is 40.0 Å². The molecule has 0 aliphatic heterocycles. The molecule has 1 amide bonds. The summed E-state index contributed by atoms with van der Waals surface area (Å²) >= 11 is 3.15. The van der Waals surface area contributed by atoms with Crippen LogP contribution < -0.4 is 5.32 Å². The molecule has 0 aliphatic carbocycles. The monoisotopic (exact) mass is 297 g/mol. The fourth-order valence-electron chi connectivity index (χ4n) is 1.42. The third kappa shape index (κ3) is 2.58. The van der Waals surface area contributed by atoms with Crippen LogP contribution in [-0.2, 0) is 13.6 Å². The molecular weight excluding hydrogens is 286 g/mol. The van der Waals surface area contributed by atoms with Crippen LogP contribution in [0.4, 0.5) is 0 Å². The largest absolute Gasteiger partial charge is 0.444 e. The highest BCUT2D eigenvalue weighted by Crippen LogP contribution is 2.14. The molecule has 17 heavy (non-hydrogen) atoms. The average molecular weight is 298 g/mol. The van der Waals surface area contributed by atoms with Crippen molar-refractivity contribution in [1.29, 1.82) is 0 Å². The van der Waals surface area contributed by atoms with E-state index in [4.69, 9.17) is 4.42 Å². The molecule has 0 aliphatic rings.